The fourth-order valence-electron chi connectivity index (χ4n) is 1.78. The summed E-state index contributed by atoms with van der Waals surface area (Å²) in [5.41, 5.74) is 3.76. The van der Waals surface area contributed by atoms with E-state index in [0.29, 0.717) is 0 Å². The highest BCUT2D eigenvalue weighted by atomic mass is 35.5. The van der Waals surface area contributed by atoms with Gasteiger partial charge in [0, 0.05) is 5.88 Å². The Bertz CT molecular complexity index is 284. The molecule has 0 heterocycles. The summed E-state index contributed by atoms with van der Waals surface area (Å²) in [6, 6.07) is 4.36. The molecule has 0 aliphatic heterocycles. The summed E-state index contributed by atoms with van der Waals surface area (Å²) in [7, 11) is 1.72. The molecular formula is C12H17ClO. The highest BCUT2D eigenvalue weighted by Gasteiger charge is 2.04. The van der Waals surface area contributed by atoms with Gasteiger partial charge in [0.05, 0.1) is 7.11 Å². The van der Waals surface area contributed by atoms with Crippen molar-refractivity contribution in [3.63, 3.8) is 0 Å². The summed E-state index contributed by atoms with van der Waals surface area (Å²) in [4.78, 5) is 0. The van der Waals surface area contributed by atoms with Crippen molar-refractivity contribution < 1.29 is 4.74 Å². The van der Waals surface area contributed by atoms with Crippen LogP contribution in [0.1, 0.15) is 23.1 Å². The molecule has 0 saturated carbocycles. The number of ether oxygens (including phenoxy) is 1. The standard InChI is InChI=1S/C12H17ClO/c1-9-7-11(5-4-6-13)8-10(2)12(9)14-3/h7-8H,4-6H2,1-3H3. The lowest BCUT2D eigenvalue weighted by atomic mass is 10.0. The van der Waals surface area contributed by atoms with Gasteiger partial charge in [-0.15, -0.1) is 11.6 Å². The van der Waals surface area contributed by atoms with Gasteiger partial charge in [0.1, 0.15) is 5.75 Å². The molecule has 0 saturated heterocycles. The number of hydrogen-bond acceptors (Lipinski definition) is 1. The van der Waals surface area contributed by atoms with Gasteiger partial charge in [0.25, 0.3) is 0 Å². The molecule has 1 aromatic carbocycles. The fourth-order valence-corrected chi connectivity index (χ4v) is 1.91. The molecule has 0 fully saturated rings. The zero-order valence-corrected chi connectivity index (χ0v) is 9.82. The molecular weight excluding hydrogens is 196 g/mol. The van der Waals surface area contributed by atoms with Gasteiger partial charge < -0.3 is 4.74 Å². The second-order valence-corrected chi connectivity index (χ2v) is 3.93. The summed E-state index contributed by atoms with van der Waals surface area (Å²) in [5, 5.41) is 0. The van der Waals surface area contributed by atoms with Gasteiger partial charge in [-0.3, -0.25) is 0 Å². The van der Waals surface area contributed by atoms with Crippen molar-refractivity contribution in [2.45, 2.75) is 26.7 Å². The maximum absolute atomic E-state index is 5.66. The zero-order valence-electron chi connectivity index (χ0n) is 9.06. The summed E-state index contributed by atoms with van der Waals surface area (Å²) in [6.07, 6.45) is 2.09. The van der Waals surface area contributed by atoms with Gasteiger partial charge in [-0.05, 0) is 43.4 Å². The van der Waals surface area contributed by atoms with Crippen molar-refractivity contribution in [3.8, 4) is 5.75 Å². The van der Waals surface area contributed by atoms with E-state index in [1.165, 1.54) is 16.7 Å². The van der Waals surface area contributed by atoms with Crippen LogP contribution in [0.3, 0.4) is 0 Å². The Hall–Kier alpha value is -0.690. The normalized spacial score (nSPS) is 10.3. The van der Waals surface area contributed by atoms with Crippen LogP contribution in [0.2, 0.25) is 0 Å². The first-order valence-electron chi connectivity index (χ1n) is 4.89. The SMILES string of the molecule is COc1c(C)cc(CCCCl)cc1C. The number of halogens is 1. The predicted octanol–water partition coefficient (Wildman–Crippen LogP) is 3.48. The summed E-state index contributed by atoms with van der Waals surface area (Å²) in [5.74, 6) is 1.73. The van der Waals surface area contributed by atoms with E-state index in [9.17, 15) is 0 Å². The minimum absolute atomic E-state index is 0.726. The molecule has 14 heavy (non-hydrogen) atoms. The molecule has 0 aliphatic rings. The van der Waals surface area contributed by atoms with Gasteiger partial charge >= 0.3 is 0 Å². The van der Waals surface area contributed by atoms with E-state index in [-0.39, 0.29) is 0 Å². The molecule has 2 heteroatoms. The largest absolute Gasteiger partial charge is 0.496 e. The molecule has 78 valence electrons. The fraction of sp³-hybridized carbons (Fsp3) is 0.500. The average Bonchev–Trinajstić information content (AvgIpc) is 2.14. The van der Waals surface area contributed by atoms with E-state index in [4.69, 9.17) is 16.3 Å². The summed E-state index contributed by atoms with van der Waals surface area (Å²) >= 11 is 5.66. The third-order valence-electron chi connectivity index (χ3n) is 2.32. The molecule has 0 aliphatic carbocycles. The van der Waals surface area contributed by atoms with E-state index in [2.05, 4.69) is 26.0 Å². The topological polar surface area (TPSA) is 9.23 Å². The highest BCUT2D eigenvalue weighted by molar-refractivity contribution is 6.17. The summed E-state index contributed by atoms with van der Waals surface area (Å²) in [6.45, 7) is 4.16. The van der Waals surface area contributed by atoms with Crippen LogP contribution in [0.4, 0.5) is 0 Å². The maximum Gasteiger partial charge on any atom is 0.124 e. The molecule has 0 amide bonds. The van der Waals surface area contributed by atoms with Gasteiger partial charge in [-0.25, -0.2) is 0 Å². The number of methoxy groups -OCH3 is 1. The molecule has 1 aromatic rings. The average molecular weight is 213 g/mol. The minimum Gasteiger partial charge on any atom is -0.496 e. The van der Waals surface area contributed by atoms with Crippen LogP contribution in [0.25, 0.3) is 0 Å². The predicted molar refractivity (Wildman–Crippen MR) is 61.5 cm³/mol. The van der Waals surface area contributed by atoms with Gasteiger partial charge in [-0.2, -0.15) is 0 Å². The second-order valence-electron chi connectivity index (χ2n) is 3.56. The quantitative estimate of drug-likeness (QED) is 0.695. The van der Waals surface area contributed by atoms with Crippen molar-refractivity contribution in [1.82, 2.24) is 0 Å². The van der Waals surface area contributed by atoms with Crippen molar-refractivity contribution in [3.05, 3.63) is 28.8 Å². The zero-order chi connectivity index (χ0) is 10.6. The van der Waals surface area contributed by atoms with Gasteiger partial charge in [0.15, 0.2) is 0 Å². The Morgan fingerprint density at radius 3 is 2.21 bits per heavy atom. The van der Waals surface area contributed by atoms with Crippen LogP contribution < -0.4 is 4.74 Å². The molecule has 0 atom stereocenters. The number of alkyl halides is 1. The number of rotatable bonds is 4. The smallest absolute Gasteiger partial charge is 0.124 e. The first-order chi connectivity index (χ1) is 6.69. The van der Waals surface area contributed by atoms with E-state index in [1.807, 2.05) is 0 Å². The highest BCUT2D eigenvalue weighted by Crippen LogP contribution is 2.24. The van der Waals surface area contributed by atoms with Crippen molar-refractivity contribution >= 4 is 11.6 Å². The van der Waals surface area contributed by atoms with Crippen molar-refractivity contribution in [1.29, 1.82) is 0 Å². The lowest BCUT2D eigenvalue weighted by Crippen LogP contribution is -1.94. The lowest BCUT2D eigenvalue weighted by Gasteiger charge is -2.10. The number of hydrogen-bond donors (Lipinski definition) is 0. The van der Waals surface area contributed by atoms with Crippen LogP contribution in [-0.4, -0.2) is 13.0 Å². The number of aryl methyl sites for hydroxylation is 3. The summed E-state index contributed by atoms with van der Waals surface area (Å²) < 4.78 is 5.31. The molecule has 1 nitrogen and oxygen atoms in total. The first-order valence-corrected chi connectivity index (χ1v) is 5.42. The second kappa shape index (κ2) is 5.26. The van der Waals surface area contributed by atoms with E-state index >= 15 is 0 Å². The van der Waals surface area contributed by atoms with Crippen molar-refractivity contribution in [2.75, 3.05) is 13.0 Å². The maximum atomic E-state index is 5.66. The monoisotopic (exact) mass is 212 g/mol. The molecule has 0 unspecified atom stereocenters. The minimum atomic E-state index is 0.726. The Morgan fingerprint density at radius 1 is 1.21 bits per heavy atom. The van der Waals surface area contributed by atoms with E-state index in [1.54, 1.807) is 7.11 Å². The molecule has 0 aromatic heterocycles. The molecule has 1 rings (SSSR count). The number of benzene rings is 1. The van der Waals surface area contributed by atoms with Gasteiger partial charge in [0.2, 0.25) is 0 Å². The Morgan fingerprint density at radius 2 is 1.79 bits per heavy atom. The third kappa shape index (κ3) is 2.65. The Labute approximate surface area is 91.0 Å². The first kappa shape index (κ1) is 11.4. The van der Waals surface area contributed by atoms with E-state index < -0.39 is 0 Å². The van der Waals surface area contributed by atoms with Gasteiger partial charge in [-0.1, -0.05) is 12.1 Å². The van der Waals surface area contributed by atoms with Crippen LogP contribution in [0.5, 0.6) is 5.75 Å². The lowest BCUT2D eigenvalue weighted by molar-refractivity contribution is 0.408. The molecule has 0 spiro atoms. The third-order valence-corrected chi connectivity index (χ3v) is 2.59. The van der Waals surface area contributed by atoms with Crippen LogP contribution >= 0.6 is 11.6 Å². The molecule has 0 radical (unpaired) electrons. The van der Waals surface area contributed by atoms with Crippen LogP contribution in [0.15, 0.2) is 12.1 Å². The Balaban J connectivity index is 2.90. The van der Waals surface area contributed by atoms with Crippen LogP contribution in [0, 0.1) is 13.8 Å². The van der Waals surface area contributed by atoms with Crippen LogP contribution in [-0.2, 0) is 6.42 Å². The van der Waals surface area contributed by atoms with Crippen molar-refractivity contribution in [2.24, 2.45) is 0 Å². The molecule has 0 N–H and O–H groups in total. The Kier molecular flexibility index (Phi) is 4.27. The molecule has 0 bridgehead atoms. The van der Waals surface area contributed by atoms with E-state index in [0.717, 1.165) is 24.5 Å².